The average Bonchev–Trinajstić information content (AvgIpc) is 2.08. The van der Waals surface area contributed by atoms with Crippen LogP contribution in [0.15, 0.2) is 18.2 Å². The highest BCUT2D eigenvalue weighted by Crippen LogP contribution is 2.29. The van der Waals surface area contributed by atoms with E-state index in [9.17, 15) is 15.2 Å². The number of phenolic OH excluding ortho intramolecular Hbond substituents is 1. The number of phenols is 1. The molecule has 1 aromatic rings. The predicted octanol–water partition coefficient (Wildman–Crippen LogP) is 1.70. The molecule has 5 nitrogen and oxygen atoms in total. The Labute approximate surface area is 74.7 Å². The van der Waals surface area contributed by atoms with Crippen LogP contribution in [-0.4, -0.2) is 16.6 Å². The monoisotopic (exact) mass is 183 g/mol. The maximum atomic E-state index is 10.3. The molecule has 0 amide bonds. The average molecular weight is 183 g/mol. The lowest BCUT2D eigenvalue weighted by molar-refractivity contribution is -0.385. The Bertz CT molecular complexity index is 324. The minimum absolute atomic E-state index is 0.0903. The van der Waals surface area contributed by atoms with E-state index in [0.717, 1.165) is 0 Å². The van der Waals surface area contributed by atoms with Gasteiger partial charge >= 0.3 is 0 Å². The molecule has 5 heteroatoms. The molecule has 0 aliphatic rings. The van der Waals surface area contributed by atoms with Crippen molar-refractivity contribution in [2.45, 2.75) is 6.92 Å². The van der Waals surface area contributed by atoms with Gasteiger partial charge in [-0.05, 0) is 13.0 Å². The lowest BCUT2D eigenvalue weighted by Crippen LogP contribution is -1.93. The highest BCUT2D eigenvalue weighted by Gasteiger charge is 2.10. The Kier molecular flexibility index (Phi) is 2.69. The van der Waals surface area contributed by atoms with Gasteiger partial charge in [0.2, 0.25) is 0 Å². The van der Waals surface area contributed by atoms with Gasteiger partial charge in [0, 0.05) is 6.07 Å². The van der Waals surface area contributed by atoms with E-state index in [4.69, 9.17) is 4.74 Å². The van der Waals surface area contributed by atoms with E-state index < -0.39 is 4.92 Å². The molecule has 70 valence electrons. The van der Waals surface area contributed by atoms with Crippen molar-refractivity contribution in [1.82, 2.24) is 0 Å². The third-order valence-corrected chi connectivity index (χ3v) is 1.45. The number of aromatic hydroxyl groups is 1. The molecular weight excluding hydrogens is 174 g/mol. The maximum absolute atomic E-state index is 10.3. The number of nitrogens with zero attached hydrogens (tertiary/aromatic N) is 1. The van der Waals surface area contributed by atoms with Crippen LogP contribution in [0.4, 0.5) is 5.69 Å². The Hall–Kier alpha value is -1.78. The van der Waals surface area contributed by atoms with Gasteiger partial charge in [0.25, 0.3) is 5.69 Å². The second-order valence-corrected chi connectivity index (χ2v) is 2.34. The molecule has 0 spiro atoms. The minimum atomic E-state index is -0.540. The molecule has 1 N–H and O–H groups in total. The van der Waals surface area contributed by atoms with Crippen molar-refractivity contribution < 1.29 is 14.8 Å². The number of benzene rings is 1. The summed E-state index contributed by atoms with van der Waals surface area (Å²) in [5.74, 6) is 0.0455. The number of non-ortho nitro benzene ring substituents is 1. The van der Waals surface area contributed by atoms with E-state index in [1.807, 2.05) is 0 Å². The zero-order valence-electron chi connectivity index (χ0n) is 7.06. The Morgan fingerprint density at radius 3 is 2.85 bits per heavy atom. The van der Waals surface area contributed by atoms with Crippen LogP contribution >= 0.6 is 0 Å². The van der Waals surface area contributed by atoms with Crippen LogP contribution in [0.3, 0.4) is 0 Å². The first-order chi connectivity index (χ1) is 6.15. The number of ether oxygens (including phenoxy) is 1. The second-order valence-electron chi connectivity index (χ2n) is 2.34. The largest absolute Gasteiger partial charge is 0.504 e. The van der Waals surface area contributed by atoms with Gasteiger partial charge in [0.1, 0.15) is 0 Å². The summed E-state index contributed by atoms with van der Waals surface area (Å²) in [6.45, 7) is 2.09. The third kappa shape index (κ3) is 2.08. The van der Waals surface area contributed by atoms with Gasteiger partial charge in [0.15, 0.2) is 11.5 Å². The van der Waals surface area contributed by atoms with Crippen LogP contribution in [0.25, 0.3) is 0 Å². The molecule has 1 rings (SSSR count). The van der Waals surface area contributed by atoms with Gasteiger partial charge in [-0.25, -0.2) is 0 Å². The van der Waals surface area contributed by atoms with Crippen molar-refractivity contribution >= 4 is 5.69 Å². The zero-order valence-corrected chi connectivity index (χ0v) is 7.06. The molecule has 0 saturated heterocycles. The first-order valence-corrected chi connectivity index (χ1v) is 3.75. The summed E-state index contributed by atoms with van der Waals surface area (Å²) in [5, 5.41) is 19.5. The van der Waals surface area contributed by atoms with Gasteiger partial charge in [0.05, 0.1) is 17.6 Å². The highest BCUT2D eigenvalue weighted by atomic mass is 16.6. The molecule has 0 bridgehead atoms. The molecule has 13 heavy (non-hydrogen) atoms. The number of rotatable bonds is 3. The first-order valence-electron chi connectivity index (χ1n) is 3.75. The quantitative estimate of drug-likeness (QED) is 0.571. The molecule has 0 unspecified atom stereocenters. The lowest BCUT2D eigenvalue weighted by atomic mass is 10.3. The van der Waals surface area contributed by atoms with Crippen LogP contribution in [0.2, 0.25) is 0 Å². The SMILES string of the molecule is CCOc1cc([N+](=O)[O-])ccc1O. The number of nitro benzene ring substituents is 1. The number of hydrogen-bond donors (Lipinski definition) is 1. The van der Waals surface area contributed by atoms with Gasteiger partial charge in [-0.1, -0.05) is 0 Å². The van der Waals surface area contributed by atoms with Crippen LogP contribution in [-0.2, 0) is 0 Å². The molecule has 0 aliphatic carbocycles. The standard InChI is InChI=1S/C8H9NO4/c1-2-13-8-5-6(9(11)12)3-4-7(8)10/h3-5,10H,2H2,1H3. The van der Waals surface area contributed by atoms with Gasteiger partial charge < -0.3 is 9.84 Å². The smallest absolute Gasteiger partial charge is 0.273 e. The lowest BCUT2D eigenvalue weighted by Gasteiger charge is -2.04. The molecular formula is C8H9NO4. The van der Waals surface area contributed by atoms with E-state index in [2.05, 4.69) is 0 Å². The highest BCUT2D eigenvalue weighted by molar-refractivity contribution is 5.47. The van der Waals surface area contributed by atoms with E-state index in [1.54, 1.807) is 6.92 Å². The zero-order chi connectivity index (χ0) is 9.84. The Morgan fingerprint density at radius 2 is 2.31 bits per heavy atom. The molecule has 0 fully saturated rings. The van der Waals surface area contributed by atoms with Crippen LogP contribution in [0, 0.1) is 10.1 Å². The fourth-order valence-electron chi connectivity index (χ4n) is 0.887. The minimum Gasteiger partial charge on any atom is -0.504 e. The third-order valence-electron chi connectivity index (χ3n) is 1.45. The first kappa shape index (κ1) is 9.31. The Balaban J connectivity index is 3.03. The summed E-state index contributed by atoms with van der Waals surface area (Å²) < 4.78 is 4.97. The molecule has 1 aromatic carbocycles. The van der Waals surface area contributed by atoms with Crippen molar-refractivity contribution in [1.29, 1.82) is 0 Å². The van der Waals surface area contributed by atoms with E-state index in [1.165, 1.54) is 18.2 Å². The fraction of sp³-hybridized carbons (Fsp3) is 0.250. The normalized spacial score (nSPS) is 9.62. The van der Waals surface area contributed by atoms with Crippen molar-refractivity contribution in [2.75, 3.05) is 6.61 Å². The molecule has 0 aromatic heterocycles. The molecule has 0 heterocycles. The summed E-state index contributed by atoms with van der Waals surface area (Å²) >= 11 is 0. The summed E-state index contributed by atoms with van der Waals surface area (Å²) in [6.07, 6.45) is 0. The molecule has 0 atom stereocenters. The van der Waals surface area contributed by atoms with Gasteiger partial charge in [-0.2, -0.15) is 0 Å². The second kappa shape index (κ2) is 3.75. The summed E-state index contributed by atoms with van der Waals surface area (Å²) in [4.78, 5) is 9.80. The number of hydrogen-bond acceptors (Lipinski definition) is 4. The van der Waals surface area contributed by atoms with Crippen molar-refractivity contribution in [3.63, 3.8) is 0 Å². The fourth-order valence-corrected chi connectivity index (χ4v) is 0.887. The predicted molar refractivity (Wildman–Crippen MR) is 45.9 cm³/mol. The van der Waals surface area contributed by atoms with Gasteiger partial charge in [-0.3, -0.25) is 10.1 Å². The summed E-state index contributed by atoms with van der Waals surface area (Å²) in [7, 11) is 0. The molecule has 0 aliphatic heterocycles. The van der Waals surface area contributed by atoms with Crippen LogP contribution < -0.4 is 4.74 Å². The van der Waals surface area contributed by atoms with Crippen LogP contribution in [0.1, 0.15) is 6.92 Å². The summed E-state index contributed by atoms with van der Waals surface area (Å²) in [6, 6.07) is 3.65. The van der Waals surface area contributed by atoms with Crippen molar-refractivity contribution in [3.05, 3.63) is 28.3 Å². The molecule has 0 saturated carbocycles. The Morgan fingerprint density at radius 1 is 1.62 bits per heavy atom. The van der Waals surface area contributed by atoms with Crippen molar-refractivity contribution in [3.8, 4) is 11.5 Å². The topological polar surface area (TPSA) is 72.6 Å². The number of nitro groups is 1. The van der Waals surface area contributed by atoms with Crippen LogP contribution in [0.5, 0.6) is 11.5 Å². The van der Waals surface area contributed by atoms with Gasteiger partial charge in [-0.15, -0.1) is 0 Å². The van der Waals surface area contributed by atoms with E-state index >= 15 is 0 Å². The molecule has 0 radical (unpaired) electrons. The maximum Gasteiger partial charge on any atom is 0.273 e. The summed E-state index contributed by atoms with van der Waals surface area (Å²) in [5.41, 5.74) is -0.0961. The van der Waals surface area contributed by atoms with E-state index in [0.29, 0.717) is 6.61 Å². The van der Waals surface area contributed by atoms with Crippen molar-refractivity contribution in [2.24, 2.45) is 0 Å². The van der Waals surface area contributed by atoms with E-state index in [-0.39, 0.29) is 17.2 Å².